The second-order valence-electron chi connectivity index (χ2n) is 6.59. The van der Waals surface area contributed by atoms with Gasteiger partial charge in [-0.25, -0.2) is 13.1 Å². The van der Waals surface area contributed by atoms with Crippen molar-refractivity contribution in [1.29, 1.82) is 0 Å². The van der Waals surface area contributed by atoms with E-state index in [9.17, 15) is 13.2 Å². The molecule has 2 aromatic carbocycles. The summed E-state index contributed by atoms with van der Waals surface area (Å²) in [6.07, 6.45) is 1.47. The largest absolute Gasteiger partial charge is 0.486 e. The molecule has 1 aromatic heterocycles. The predicted octanol–water partition coefficient (Wildman–Crippen LogP) is 2.46. The van der Waals surface area contributed by atoms with Gasteiger partial charge in [-0.05, 0) is 54.1 Å². The molecule has 0 saturated carbocycles. The summed E-state index contributed by atoms with van der Waals surface area (Å²) in [5, 5.41) is 2.81. The predicted molar refractivity (Wildman–Crippen MR) is 108 cm³/mol. The smallest absolute Gasteiger partial charge is 0.251 e. The molecule has 0 aliphatic carbocycles. The lowest BCUT2D eigenvalue weighted by Gasteiger charge is -2.19. The number of carbonyl (C=O) groups is 1. The summed E-state index contributed by atoms with van der Waals surface area (Å²) in [6, 6.07) is 14.6. The fraction of sp³-hybridized carbons (Fsp3) is 0.190. The van der Waals surface area contributed by atoms with Gasteiger partial charge in [-0.2, -0.15) is 0 Å². The maximum Gasteiger partial charge on any atom is 0.251 e. The Morgan fingerprint density at radius 2 is 1.70 bits per heavy atom. The van der Waals surface area contributed by atoms with Gasteiger partial charge in [0.05, 0.1) is 17.7 Å². The molecule has 8 nitrogen and oxygen atoms in total. The van der Waals surface area contributed by atoms with Gasteiger partial charge in [-0.3, -0.25) is 4.79 Å². The molecule has 0 spiro atoms. The van der Waals surface area contributed by atoms with Gasteiger partial charge in [0.25, 0.3) is 5.91 Å². The molecule has 0 fully saturated rings. The van der Waals surface area contributed by atoms with E-state index in [2.05, 4.69) is 10.0 Å². The van der Waals surface area contributed by atoms with Gasteiger partial charge >= 0.3 is 0 Å². The normalized spacial score (nSPS) is 13.1. The van der Waals surface area contributed by atoms with Crippen LogP contribution in [0, 0.1) is 0 Å². The third-order valence-corrected chi connectivity index (χ3v) is 5.92. The van der Waals surface area contributed by atoms with Gasteiger partial charge < -0.3 is 19.2 Å². The van der Waals surface area contributed by atoms with Crippen LogP contribution in [0.5, 0.6) is 11.5 Å². The number of nitrogens with one attached hydrogen (secondary N) is 2. The summed E-state index contributed by atoms with van der Waals surface area (Å²) in [5.41, 5.74) is 1.23. The second-order valence-corrected chi connectivity index (χ2v) is 8.36. The third-order valence-electron chi connectivity index (χ3n) is 4.50. The number of carbonyl (C=O) groups excluding carboxylic acids is 1. The van der Waals surface area contributed by atoms with Gasteiger partial charge in [-0.1, -0.05) is 6.07 Å². The van der Waals surface area contributed by atoms with E-state index in [-0.39, 0.29) is 17.3 Å². The topological polar surface area (TPSA) is 107 Å². The Bertz CT molecular complexity index is 1120. The molecule has 0 unspecified atom stereocenters. The van der Waals surface area contributed by atoms with Crippen molar-refractivity contribution in [2.45, 2.75) is 18.0 Å². The highest BCUT2D eigenvalue weighted by Crippen LogP contribution is 2.30. The number of ether oxygens (including phenoxy) is 2. The second kappa shape index (κ2) is 8.60. The summed E-state index contributed by atoms with van der Waals surface area (Å²) in [5.74, 6) is 1.55. The van der Waals surface area contributed by atoms with Crippen LogP contribution in [0.4, 0.5) is 0 Å². The van der Waals surface area contributed by atoms with E-state index in [1.807, 2.05) is 18.2 Å². The van der Waals surface area contributed by atoms with E-state index in [0.29, 0.717) is 42.6 Å². The Labute approximate surface area is 173 Å². The summed E-state index contributed by atoms with van der Waals surface area (Å²) in [7, 11) is -3.71. The van der Waals surface area contributed by atoms with Gasteiger partial charge in [0.1, 0.15) is 19.0 Å². The fourth-order valence-electron chi connectivity index (χ4n) is 2.93. The van der Waals surface area contributed by atoms with Gasteiger partial charge in [0.15, 0.2) is 11.5 Å². The minimum absolute atomic E-state index is 0.0487. The molecule has 3 aromatic rings. The lowest BCUT2D eigenvalue weighted by atomic mass is 10.1. The van der Waals surface area contributed by atoms with E-state index in [1.165, 1.54) is 30.5 Å². The van der Waals surface area contributed by atoms with Crippen molar-refractivity contribution in [2.75, 3.05) is 13.2 Å². The monoisotopic (exact) mass is 428 g/mol. The molecule has 1 amide bonds. The minimum Gasteiger partial charge on any atom is -0.486 e. The number of fused-ring (bicyclic) bond motifs is 1. The minimum atomic E-state index is -3.71. The lowest BCUT2D eigenvalue weighted by Crippen LogP contribution is -2.24. The molecule has 0 saturated heterocycles. The zero-order chi connectivity index (χ0) is 21.0. The molecule has 1 aliphatic rings. The summed E-state index contributed by atoms with van der Waals surface area (Å²) >= 11 is 0. The molecule has 30 heavy (non-hydrogen) atoms. The van der Waals surface area contributed by atoms with E-state index >= 15 is 0 Å². The maximum atomic E-state index is 12.4. The first-order valence-corrected chi connectivity index (χ1v) is 10.8. The highest BCUT2D eigenvalue weighted by Gasteiger charge is 2.16. The Balaban J connectivity index is 1.35. The number of amides is 1. The summed E-state index contributed by atoms with van der Waals surface area (Å²) in [6.45, 7) is 1.37. The maximum absolute atomic E-state index is 12.4. The zero-order valence-corrected chi connectivity index (χ0v) is 16.8. The molecule has 0 atom stereocenters. The van der Waals surface area contributed by atoms with E-state index in [0.717, 1.165) is 5.56 Å². The third kappa shape index (κ3) is 4.64. The number of furan rings is 1. The first kappa shape index (κ1) is 20.0. The number of benzene rings is 2. The molecule has 2 N–H and O–H groups in total. The number of hydrogen-bond donors (Lipinski definition) is 2. The van der Waals surface area contributed by atoms with Gasteiger partial charge in [0.2, 0.25) is 10.0 Å². The standard InChI is InChI=1S/C21H20N2O6S/c24-21(22-13-15-3-8-19-20(12-15)29-11-10-28-19)16-4-6-18(7-5-16)30(25,26)23-14-17-2-1-9-27-17/h1-9,12,23H,10-11,13-14H2,(H,22,24). The Kier molecular flexibility index (Phi) is 5.73. The van der Waals surface area contributed by atoms with Crippen molar-refractivity contribution in [3.63, 3.8) is 0 Å². The van der Waals surface area contributed by atoms with Crippen LogP contribution in [-0.2, 0) is 23.1 Å². The van der Waals surface area contributed by atoms with Crippen LogP contribution >= 0.6 is 0 Å². The fourth-order valence-corrected chi connectivity index (χ4v) is 3.92. The molecule has 4 rings (SSSR count). The van der Waals surface area contributed by atoms with Gasteiger partial charge in [0, 0.05) is 12.1 Å². The van der Waals surface area contributed by atoms with Crippen molar-refractivity contribution in [1.82, 2.24) is 10.0 Å². The van der Waals surface area contributed by atoms with Crippen LogP contribution in [-0.4, -0.2) is 27.5 Å². The van der Waals surface area contributed by atoms with Crippen LogP contribution in [0.15, 0.2) is 70.2 Å². The van der Waals surface area contributed by atoms with Crippen molar-refractivity contribution in [3.8, 4) is 11.5 Å². The number of rotatable bonds is 7. The first-order chi connectivity index (χ1) is 14.5. The van der Waals surface area contributed by atoms with Crippen LogP contribution < -0.4 is 19.5 Å². The number of sulfonamides is 1. The van der Waals surface area contributed by atoms with Crippen molar-refractivity contribution < 1.29 is 27.1 Å². The Hall–Kier alpha value is -3.30. The average Bonchev–Trinajstić information content (AvgIpc) is 3.30. The summed E-state index contributed by atoms with van der Waals surface area (Å²) < 4.78 is 43.3. The van der Waals surface area contributed by atoms with Gasteiger partial charge in [-0.15, -0.1) is 0 Å². The van der Waals surface area contributed by atoms with E-state index < -0.39 is 10.0 Å². The van der Waals surface area contributed by atoms with Crippen molar-refractivity contribution >= 4 is 15.9 Å². The van der Waals surface area contributed by atoms with Crippen LogP contribution in [0.25, 0.3) is 0 Å². The van der Waals surface area contributed by atoms with Crippen molar-refractivity contribution in [2.24, 2.45) is 0 Å². The zero-order valence-electron chi connectivity index (χ0n) is 16.0. The average molecular weight is 428 g/mol. The van der Waals surface area contributed by atoms with E-state index in [4.69, 9.17) is 13.9 Å². The van der Waals surface area contributed by atoms with Crippen molar-refractivity contribution in [3.05, 3.63) is 77.7 Å². The molecular weight excluding hydrogens is 408 g/mol. The van der Waals surface area contributed by atoms with E-state index in [1.54, 1.807) is 12.1 Å². The molecular formula is C21H20N2O6S. The molecule has 156 valence electrons. The Morgan fingerprint density at radius 1 is 0.933 bits per heavy atom. The van der Waals surface area contributed by atoms with Crippen LogP contribution in [0.2, 0.25) is 0 Å². The van der Waals surface area contributed by atoms with Crippen LogP contribution in [0.3, 0.4) is 0 Å². The molecule has 9 heteroatoms. The Morgan fingerprint density at radius 3 is 2.43 bits per heavy atom. The number of hydrogen-bond acceptors (Lipinski definition) is 6. The highest BCUT2D eigenvalue weighted by molar-refractivity contribution is 7.89. The molecule has 0 bridgehead atoms. The van der Waals surface area contributed by atoms with Crippen LogP contribution in [0.1, 0.15) is 21.7 Å². The summed E-state index contributed by atoms with van der Waals surface area (Å²) in [4.78, 5) is 12.5. The first-order valence-electron chi connectivity index (χ1n) is 9.30. The SMILES string of the molecule is O=C(NCc1ccc2c(c1)OCCO2)c1ccc(S(=O)(=O)NCc2ccco2)cc1. The molecule has 0 radical (unpaired) electrons. The quantitative estimate of drug-likeness (QED) is 0.599. The molecule has 2 heterocycles. The highest BCUT2D eigenvalue weighted by atomic mass is 32.2. The molecule has 1 aliphatic heterocycles. The lowest BCUT2D eigenvalue weighted by molar-refractivity contribution is 0.0950.